The Hall–Kier alpha value is -1.05. The van der Waals surface area contributed by atoms with Crippen LogP contribution in [0.25, 0.3) is 0 Å². The van der Waals surface area contributed by atoms with Crippen LogP contribution in [0.2, 0.25) is 0 Å². The molecule has 0 amide bonds. The van der Waals surface area contributed by atoms with Crippen LogP contribution in [0.5, 0.6) is 0 Å². The van der Waals surface area contributed by atoms with Crippen LogP contribution in [-0.4, -0.2) is 17.5 Å². The number of ketones is 1. The zero-order chi connectivity index (χ0) is 8.55. The molecule has 0 saturated heterocycles. The Morgan fingerprint density at radius 1 is 1.50 bits per heavy atom. The summed E-state index contributed by atoms with van der Waals surface area (Å²) in [7, 11) is 0. The maximum atomic E-state index is 11.3. The van der Waals surface area contributed by atoms with E-state index in [2.05, 4.69) is 0 Å². The van der Waals surface area contributed by atoms with E-state index >= 15 is 0 Å². The third kappa shape index (κ3) is 0.986. The highest BCUT2D eigenvalue weighted by molar-refractivity contribution is 8.04. The van der Waals surface area contributed by atoms with Crippen molar-refractivity contribution in [3.63, 3.8) is 0 Å². The minimum absolute atomic E-state index is 0.0673. The van der Waals surface area contributed by atoms with Crippen LogP contribution in [0.4, 0.5) is 0 Å². The second-order valence-corrected chi connectivity index (χ2v) is 3.66. The SMILES string of the molecule is O=C=C1CC=CC2=C1C(=O)CS2. The molecule has 1 heterocycles. The van der Waals surface area contributed by atoms with Crippen molar-refractivity contribution in [3.8, 4) is 0 Å². The molecule has 0 aromatic rings. The average molecular weight is 178 g/mol. The van der Waals surface area contributed by atoms with Crippen molar-refractivity contribution in [2.24, 2.45) is 0 Å². The zero-order valence-corrected chi connectivity index (χ0v) is 7.11. The monoisotopic (exact) mass is 178 g/mol. The molecular weight excluding hydrogens is 172 g/mol. The predicted molar refractivity (Wildman–Crippen MR) is 47.5 cm³/mol. The molecular formula is C9H6O2S. The van der Waals surface area contributed by atoms with Crippen molar-refractivity contribution in [1.29, 1.82) is 0 Å². The normalized spacial score (nSPS) is 21.3. The van der Waals surface area contributed by atoms with Gasteiger partial charge in [-0.1, -0.05) is 12.2 Å². The van der Waals surface area contributed by atoms with Crippen LogP contribution >= 0.6 is 11.8 Å². The number of Topliss-reactive ketones (excluding diaryl/α,β-unsaturated/α-hetero) is 1. The lowest BCUT2D eigenvalue weighted by molar-refractivity contribution is -0.112. The van der Waals surface area contributed by atoms with Gasteiger partial charge in [0.1, 0.15) is 5.94 Å². The minimum atomic E-state index is 0.0673. The van der Waals surface area contributed by atoms with Gasteiger partial charge in [-0.05, 0) is 0 Å². The van der Waals surface area contributed by atoms with Gasteiger partial charge in [-0.25, -0.2) is 4.79 Å². The maximum absolute atomic E-state index is 11.3. The molecule has 2 nitrogen and oxygen atoms in total. The van der Waals surface area contributed by atoms with Gasteiger partial charge in [0, 0.05) is 16.9 Å². The van der Waals surface area contributed by atoms with Gasteiger partial charge in [0.25, 0.3) is 0 Å². The number of thioether (sulfide) groups is 1. The zero-order valence-electron chi connectivity index (χ0n) is 6.29. The van der Waals surface area contributed by atoms with E-state index in [1.165, 1.54) is 11.8 Å². The van der Waals surface area contributed by atoms with Gasteiger partial charge in [0.2, 0.25) is 0 Å². The van der Waals surface area contributed by atoms with Gasteiger partial charge in [0.15, 0.2) is 5.78 Å². The summed E-state index contributed by atoms with van der Waals surface area (Å²) in [5.41, 5.74) is 1.13. The molecule has 0 radical (unpaired) electrons. The van der Waals surface area contributed by atoms with Gasteiger partial charge in [0.05, 0.1) is 11.3 Å². The average Bonchev–Trinajstić information content (AvgIpc) is 2.48. The Kier molecular flexibility index (Phi) is 1.75. The van der Waals surface area contributed by atoms with E-state index in [0.717, 1.165) is 4.91 Å². The molecule has 0 fully saturated rings. The summed E-state index contributed by atoms with van der Waals surface area (Å²) in [5.74, 6) is 2.37. The largest absolute Gasteiger partial charge is 0.293 e. The Bertz CT molecular complexity index is 357. The first-order valence-electron chi connectivity index (χ1n) is 3.64. The smallest absolute Gasteiger partial charge is 0.175 e. The molecule has 0 unspecified atom stereocenters. The number of hydrogen-bond donors (Lipinski definition) is 0. The van der Waals surface area contributed by atoms with E-state index in [0.29, 0.717) is 23.3 Å². The predicted octanol–water partition coefficient (Wildman–Crippen LogP) is 1.27. The number of allylic oxidation sites excluding steroid dienone is 4. The molecule has 60 valence electrons. The van der Waals surface area contributed by atoms with Crippen LogP contribution in [0.3, 0.4) is 0 Å². The van der Waals surface area contributed by atoms with Crippen molar-refractivity contribution in [1.82, 2.24) is 0 Å². The first-order valence-corrected chi connectivity index (χ1v) is 4.62. The lowest BCUT2D eigenvalue weighted by atomic mass is 9.97. The first-order chi connectivity index (χ1) is 5.83. The van der Waals surface area contributed by atoms with E-state index in [1.54, 1.807) is 0 Å². The number of hydrogen-bond acceptors (Lipinski definition) is 3. The molecule has 3 heteroatoms. The highest BCUT2D eigenvalue weighted by atomic mass is 32.2. The molecule has 0 spiro atoms. The molecule has 1 aliphatic heterocycles. The first kappa shape index (κ1) is 7.59. The van der Waals surface area contributed by atoms with Gasteiger partial charge >= 0.3 is 0 Å². The summed E-state index contributed by atoms with van der Waals surface area (Å²) in [6.07, 6.45) is 4.35. The third-order valence-corrected chi connectivity index (χ3v) is 2.96. The van der Waals surface area contributed by atoms with E-state index in [4.69, 9.17) is 0 Å². The van der Waals surface area contributed by atoms with Crippen molar-refractivity contribution in [2.75, 3.05) is 5.75 Å². The number of carbonyl (C=O) groups is 1. The van der Waals surface area contributed by atoms with E-state index in [9.17, 15) is 9.59 Å². The van der Waals surface area contributed by atoms with Gasteiger partial charge in [-0.15, -0.1) is 11.8 Å². The van der Waals surface area contributed by atoms with Crippen molar-refractivity contribution >= 4 is 23.5 Å². The summed E-state index contributed by atoms with van der Waals surface area (Å²) in [6.45, 7) is 0. The Balaban J connectivity index is 2.56. The molecule has 0 atom stereocenters. The summed E-state index contributed by atoms with van der Waals surface area (Å²) >= 11 is 1.50. The lowest BCUT2D eigenvalue weighted by Gasteiger charge is -2.05. The van der Waals surface area contributed by atoms with Crippen LogP contribution in [0, 0.1) is 0 Å². The fraction of sp³-hybridized carbons (Fsp3) is 0.222. The Labute approximate surface area is 74.0 Å². The summed E-state index contributed by atoms with van der Waals surface area (Å²) in [6, 6.07) is 0. The van der Waals surface area contributed by atoms with Crippen molar-refractivity contribution < 1.29 is 9.59 Å². The van der Waals surface area contributed by atoms with E-state index in [1.807, 2.05) is 18.1 Å². The standard InChI is InChI=1S/C9H6O2S/c10-4-6-2-1-3-8-9(6)7(11)5-12-8/h1,3H,2,5H2. The fourth-order valence-electron chi connectivity index (χ4n) is 1.35. The molecule has 0 aromatic carbocycles. The molecule has 0 N–H and O–H groups in total. The molecule has 0 saturated carbocycles. The lowest BCUT2D eigenvalue weighted by Crippen LogP contribution is -2.04. The van der Waals surface area contributed by atoms with Crippen LogP contribution in [-0.2, 0) is 9.59 Å². The second kappa shape index (κ2) is 2.77. The summed E-state index contributed by atoms with van der Waals surface area (Å²) in [5, 5.41) is 0. The molecule has 2 aliphatic rings. The van der Waals surface area contributed by atoms with Crippen LogP contribution < -0.4 is 0 Å². The Morgan fingerprint density at radius 2 is 2.33 bits per heavy atom. The minimum Gasteiger partial charge on any atom is -0.293 e. The summed E-state index contributed by atoms with van der Waals surface area (Å²) in [4.78, 5) is 22.7. The molecule has 0 aromatic heterocycles. The number of carbonyl (C=O) groups excluding carboxylic acids is 2. The highest BCUT2D eigenvalue weighted by Crippen LogP contribution is 2.37. The van der Waals surface area contributed by atoms with Gasteiger partial charge < -0.3 is 0 Å². The van der Waals surface area contributed by atoms with E-state index < -0.39 is 0 Å². The maximum Gasteiger partial charge on any atom is 0.175 e. The van der Waals surface area contributed by atoms with Gasteiger partial charge in [-0.3, -0.25) is 4.79 Å². The molecule has 1 aliphatic carbocycles. The fourth-order valence-corrected chi connectivity index (χ4v) is 2.36. The van der Waals surface area contributed by atoms with E-state index in [-0.39, 0.29) is 5.78 Å². The van der Waals surface area contributed by atoms with Crippen molar-refractivity contribution in [2.45, 2.75) is 6.42 Å². The third-order valence-electron chi connectivity index (χ3n) is 1.90. The van der Waals surface area contributed by atoms with Crippen molar-refractivity contribution in [3.05, 3.63) is 28.2 Å². The Morgan fingerprint density at radius 3 is 3.08 bits per heavy atom. The van der Waals surface area contributed by atoms with Crippen LogP contribution in [0.1, 0.15) is 6.42 Å². The molecule has 0 bridgehead atoms. The second-order valence-electron chi connectivity index (χ2n) is 2.64. The molecule has 2 rings (SSSR count). The molecule has 12 heavy (non-hydrogen) atoms. The quantitative estimate of drug-likeness (QED) is 0.524. The number of rotatable bonds is 0. The van der Waals surface area contributed by atoms with Gasteiger partial charge in [-0.2, -0.15) is 0 Å². The topological polar surface area (TPSA) is 34.1 Å². The summed E-state index contributed by atoms with van der Waals surface area (Å²) < 4.78 is 0. The van der Waals surface area contributed by atoms with Crippen LogP contribution in [0.15, 0.2) is 28.2 Å². The highest BCUT2D eigenvalue weighted by Gasteiger charge is 2.27.